The molecule has 0 aliphatic carbocycles. The predicted molar refractivity (Wildman–Crippen MR) is 86.8 cm³/mol. The maximum absolute atomic E-state index is 5.83. The molecule has 2 aromatic carbocycles. The molecule has 19 heavy (non-hydrogen) atoms. The van der Waals surface area contributed by atoms with Crippen LogP contribution in [-0.2, 0) is 11.3 Å². The van der Waals surface area contributed by atoms with Crippen molar-refractivity contribution >= 4 is 31.9 Å². The average molecular weight is 384 g/mol. The van der Waals surface area contributed by atoms with Gasteiger partial charge in [-0.3, -0.25) is 0 Å². The first-order valence-electron chi connectivity index (χ1n) is 6.23. The zero-order chi connectivity index (χ0) is 13.5. The lowest BCUT2D eigenvalue weighted by Gasteiger charge is -2.16. The van der Waals surface area contributed by atoms with Crippen LogP contribution in [0.3, 0.4) is 0 Å². The second-order valence-electron chi connectivity index (χ2n) is 4.37. The number of rotatable bonds is 6. The molecule has 1 atom stereocenters. The van der Waals surface area contributed by atoms with Crippen molar-refractivity contribution in [1.82, 2.24) is 0 Å². The van der Waals surface area contributed by atoms with E-state index >= 15 is 0 Å². The highest BCUT2D eigenvalue weighted by Gasteiger charge is 2.13. The van der Waals surface area contributed by atoms with Gasteiger partial charge in [-0.15, -0.1) is 0 Å². The highest BCUT2D eigenvalue weighted by Crippen LogP contribution is 2.26. The molecule has 0 saturated heterocycles. The molecule has 2 aromatic rings. The fourth-order valence-electron chi connectivity index (χ4n) is 1.92. The molecular weight excluding hydrogens is 368 g/mol. The number of halogens is 2. The topological polar surface area (TPSA) is 9.23 Å². The van der Waals surface area contributed by atoms with Crippen LogP contribution in [0.4, 0.5) is 0 Å². The summed E-state index contributed by atoms with van der Waals surface area (Å²) in [7, 11) is 0. The summed E-state index contributed by atoms with van der Waals surface area (Å²) >= 11 is 7.17. The van der Waals surface area contributed by atoms with Gasteiger partial charge in [-0.25, -0.2) is 0 Å². The standard InChI is InChI=1S/C16H16Br2O/c17-10-14(15-8-4-5-9-16(15)18)12-19-11-13-6-2-1-3-7-13/h1-9,14H,10-12H2. The van der Waals surface area contributed by atoms with E-state index in [9.17, 15) is 0 Å². The molecule has 0 radical (unpaired) electrons. The Labute approximate surface area is 131 Å². The molecule has 0 aliphatic heterocycles. The zero-order valence-corrected chi connectivity index (χ0v) is 13.7. The van der Waals surface area contributed by atoms with Crippen LogP contribution in [0.15, 0.2) is 59.1 Å². The first kappa shape index (κ1) is 14.8. The Bertz CT molecular complexity index is 499. The minimum atomic E-state index is 0.360. The summed E-state index contributed by atoms with van der Waals surface area (Å²) in [6.45, 7) is 1.37. The molecule has 0 heterocycles. The third-order valence-corrected chi connectivity index (χ3v) is 4.47. The van der Waals surface area contributed by atoms with Crippen LogP contribution in [0.2, 0.25) is 0 Å². The minimum absolute atomic E-state index is 0.360. The summed E-state index contributed by atoms with van der Waals surface area (Å²) in [6.07, 6.45) is 0. The number of hydrogen-bond acceptors (Lipinski definition) is 1. The molecule has 0 amide bonds. The Hall–Kier alpha value is -0.640. The smallest absolute Gasteiger partial charge is 0.0717 e. The van der Waals surface area contributed by atoms with Gasteiger partial charge in [-0.2, -0.15) is 0 Å². The monoisotopic (exact) mass is 382 g/mol. The molecule has 2 rings (SSSR count). The molecule has 0 fully saturated rings. The van der Waals surface area contributed by atoms with Crippen LogP contribution >= 0.6 is 31.9 Å². The molecular formula is C16H16Br2O. The van der Waals surface area contributed by atoms with E-state index < -0.39 is 0 Å². The van der Waals surface area contributed by atoms with E-state index in [4.69, 9.17) is 4.74 Å². The van der Waals surface area contributed by atoms with E-state index in [0.717, 1.165) is 9.80 Å². The van der Waals surface area contributed by atoms with Crippen molar-refractivity contribution in [2.24, 2.45) is 0 Å². The van der Waals surface area contributed by atoms with Crippen LogP contribution in [0, 0.1) is 0 Å². The number of benzene rings is 2. The first-order valence-corrected chi connectivity index (χ1v) is 8.14. The second kappa shape index (κ2) is 7.83. The Kier molecular flexibility index (Phi) is 6.08. The first-order chi connectivity index (χ1) is 9.31. The fourth-order valence-corrected chi connectivity index (χ4v) is 3.06. The van der Waals surface area contributed by atoms with Gasteiger partial charge < -0.3 is 4.74 Å². The molecule has 100 valence electrons. The summed E-state index contributed by atoms with van der Waals surface area (Å²) in [5.41, 5.74) is 2.50. The summed E-state index contributed by atoms with van der Waals surface area (Å²) in [4.78, 5) is 0. The van der Waals surface area contributed by atoms with E-state index in [0.29, 0.717) is 19.1 Å². The quantitative estimate of drug-likeness (QED) is 0.627. The van der Waals surface area contributed by atoms with E-state index in [1.807, 2.05) is 24.3 Å². The van der Waals surface area contributed by atoms with Crippen LogP contribution in [0.5, 0.6) is 0 Å². The summed E-state index contributed by atoms with van der Waals surface area (Å²) in [6, 6.07) is 18.6. The van der Waals surface area contributed by atoms with Crippen molar-refractivity contribution in [3.63, 3.8) is 0 Å². The van der Waals surface area contributed by atoms with Crippen LogP contribution in [0.1, 0.15) is 17.0 Å². The molecule has 1 nitrogen and oxygen atoms in total. The highest BCUT2D eigenvalue weighted by molar-refractivity contribution is 9.10. The minimum Gasteiger partial charge on any atom is -0.376 e. The lowest BCUT2D eigenvalue weighted by molar-refractivity contribution is 0.111. The zero-order valence-electron chi connectivity index (χ0n) is 10.6. The SMILES string of the molecule is BrCC(COCc1ccccc1)c1ccccc1Br. The Morgan fingerprint density at radius 3 is 2.32 bits per heavy atom. The van der Waals surface area contributed by atoms with Crippen molar-refractivity contribution in [3.8, 4) is 0 Å². The van der Waals surface area contributed by atoms with Gasteiger partial charge in [-0.05, 0) is 17.2 Å². The van der Waals surface area contributed by atoms with E-state index in [-0.39, 0.29) is 0 Å². The van der Waals surface area contributed by atoms with Gasteiger partial charge >= 0.3 is 0 Å². The molecule has 0 bridgehead atoms. The maximum atomic E-state index is 5.83. The lowest BCUT2D eigenvalue weighted by atomic mass is 10.0. The van der Waals surface area contributed by atoms with Crippen LogP contribution in [-0.4, -0.2) is 11.9 Å². The van der Waals surface area contributed by atoms with Gasteiger partial charge in [-0.1, -0.05) is 80.4 Å². The molecule has 0 aromatic heterocycles. The molecule has 0 N–H and O–H groups in total. The van der Waals surface area contributed by atoms with Crippen LogP contribution < -0.4 is 0 Å². The molecule has 1 unspecified atom stereocenters. The highest BCUT2D eigenvalue weighted by atomic mass is 79.9. The summed E-state index contributed by atoms with van der Waals surface area (Å²) in [5.74, 6) is 0.360. The number of hydrogen-bond donors (Lipinski definition) is 0. The summed E-state index contributed by atoms with van der Waals surface area (Å²) < 4.78 is 6.97. The Balaban J connectivity index is 1.92. The van der Waals surface area contributed by atoms with Crippen molar-refractivity contribution in [2.75, 3.05) is 11.9 Å². The molecule has 0 spiro atoms. The fraction of sp³-hybridized carbons (Fsp3) is 0.250. The van der Waals surface area contributed by atoms with Crippen molar-refractivity contribution in [2.45, 2.75) is 12.5 Å². The number of ether oxygens (including phenoxy) is 1. The van der Waals surface area contributed by atoms with E-state index in [1.165, 1.54) is 11.1 Å². The van der Waals surface area contributed by atoms with E-state index in [2.05, 4.69) is 62.2 Å². The molecule has 0 aliphatic rings. The van der Waals surface area contributed by atoms with Crippen molar-refractivity contribution < 1.29 is 4.74 Å². The normalized spacial score (nSPS) is 12.3. The molecule has 0 saturated carbocycles. The van der Waals surface area contributed by atoms with Crippen molar-refractivity contribution in [1.29, 1.82) is 0 Å². The second-order valence-corrected chi connectivity index (χ2v) is 5.88. The predicted octanol–water partition coefficient (Wildman–Crippen LogP) is 5.14. The maximum Gasteiger partial charge on any atom is 0.0717 e. The van der Waals surface area contributed by atoms with Crippen molar-refractivity contribution in [3.05, 3.63) is 70.2 Å². The van der Waals surface area contributed by atoms with E-state index in [1.54, 1.807) is 0 Å². The third kappa shape index (κ3) is 4.44. The van der Waals surface area contributed by atoms with Gasteiger partial charge in [0.15, 0.2) is 0 Å². The molecule has 3 heteroatoms. The van der Waals surface area contributed by atoms with Gasteiger partial charge in [0.25, 0.3) is 0 Å². The average Bonchev–Trinajstić information content (AvgIpc) is 2.46. The van der Waals surface area contributed by atoms with Gasteiger partial charge in [0.05, 0.1) is 13.2 Å². The van der Waals surface area contributed by atoms with Gasteiger partial charge in [0, 0.05) is 15.7 Å². The lowest BCUT2D eigenvalue weighted by Crippen LogP contribution is -2.10. The number of alkyl halides is 1. The third-order valence-electron chi connectivity index (χ3n) is 2.96. The van der Waals surface area contributed by atoms with Gasteiger partial charge in [0.1, 0.15) is 0 Å². The van der Waals surface area contributed by atoms with Crippen LogP contribution in [0.25, 0.3) is 0 Å². The largest absolute Gasteiger partial charge is 0.376 e. The Morgan fingerprint density at radius 1 is 0.947 bits per heavy atom. The Morgan fingerprint density at radius 2 is 1.63 bits per heavy atom. The van der Waals surface area contributed by atoms with Gasteiger partial charge in [0.2, 0.25) is 0 Å². The summed E-state index contributed by atoms with van der Waals surface area (Å²) in [5, 5.41) is 0.893.